The summed E-state index contributed by atoms with van der Waals surface area (Å²) in [5.74, 6) is 0.252. The second-order valence-corrected chi connectivity index (χ2v) is 7.58. The number of aliphatic hydroxyl groups excluding tert-OH is 1. The Balaban J connectivity index is 1.96. The minimum absolute atomic E-state index is 0.145. The van der Waals surface area contributed by atoms with E-state index in [0.717, 1.165) is 28.0 Å². The van der Waals surface area contributed by atoms with Crippen molar-refractivity contribution in [3.63, 3.8) is 0 Å². The number of aryl methyl sites for hydroxylation is 1. The van der Waals surface area contributed by atoms with Gasteiger partial charge in [0.25, 0.3) is 5.56 Å². The fraction of sp³-hybridized carbons (Fsp3) is 0.174. The van der Waals surface area contributed by atoms with E-state index in [-0.39, 0.29) is 17.3 Å². The monoisotopic (exact) mass is 387 g/mol. The van der Waals surface area contributed by atoms with Gasteiger partial charge >= 0.3 is 11.8 Å². The zero-order valence-electron chi connectivity index (χ0n) is 16.4. The maximum Gasteiger partial charge on any atom is 0.462 e. The lowest BCUT2D eigenvalue weighted by Gasteiger charge is -2.22. The van der Waals surface area contributed by atoms with Crippen molar-refractivity contribution in [1.29, 1.82) is 0 Å². The molecule has 1 aliphatic heterocycles. The molecule has 2 aliphatic rings. The van der Waals surface area contributed by atoms with Gasteiger partial charge in [-0.3, -0.25) is 4.79 Å². The minimum atomic E-state index is -0.458. The van der Waals surface area contributed by atoms with E-state index < -0.39 is 5.92 Å². The highest BCUT2D eigenvalue weighted by Crippen LogP contribution is 2.44. The maximum atomic E-state index is 13.3. The molecule has 144 valence electrons. The number of aromatic hydroxyl groups is 1. The molecule has 6 heteroatoms. The van der Waals surface area contributed by atoms with Gasteiger partial charge in [-0.2, -0.15) is 0 Å². The first-order valence-corrected chi connectivity index (χ1v) is 9.46. The molecule has 1 unspecified atom stereocenters. The van der Waals surface area contributed by atoms with Crippen molar-refractivity contribution >= 4 is 17.3 Å². The third kappa shape index (κ3) is 2.20. The molecular formula is C23H21N3O3+2. The average molecular weight is 387 g/mol. The second-order valence-electron chi connectivity index (χ2n) is 7.58. The normalized spacial score (nSPS) is 16.9. The summed E-state index contributed by atoms with van der Waals surface area (Å²) in [5, 5.41) is 21.6. The van der Waals surface area contributed by atoms with Gasteiger partial charge < -0.3 is 10.2 Å². The van der Waals surface area contributed by atoms with E-state index in [4.69, 9.17) is 0 Å². The van der Waals surface area contributed by atoms with Crippen molar-refractivity contribution in [2.75, 3.05) is 0 Å². The Bertz CT molecular complexity index is 1330. The van der Waals surface area contributed by atoms with Crippen LogP contribution in [0, 0.1) is 6.92 Å². The molecule has 0 spiro atoms. The van der Waals surface area contributed by atoms with Gasteiger partial charge in [0.2, 0.25) is 5.71 Å². The third-order valence-corrected chi connectivity index (χ3v) is 6.02. The summed E-state index contributed by atoms with van der Waals surface area (Å²) in [5.41, 5.74) is 5.25. The standard InChI is InChI=1S/C23H19N3O3/c1-12-8-4-5-9-13(12)16-17-19(14-10-6-7-11-15(14)20(17)27)24-21-18(16)22(28)26(3)23(29)25(21)2/h4-11,16H,1-3H3,(H,24,27,28)/p+2. The summed E-state index contributed by atoms with van der Waals surface area (Å²) < 4.78 is 2.81. The molecule has 0 amide bonds. The van der Waals surface area contributed by atoms with Crippen molar-refractivity contribution in [2.45, 2.75) is 12.8 Å². The van der Waals surface area contributed by atoms with E-state index in [1.165, 1.54) is 4.57 Å². The molecule has 5 rings (SSSR count). The first-order chi connectivity index (χ1) is 13.9. The van der Waals surface area contributed by atoms with Gasteiger partial charge in [-0.1, -0.05) is 47.0 Å². The molecule has 1 aliphatic carbocycles. The number of hydrogen-bond donors (Lipinski definition) is 3. The number of allylic oxidation sites excluding steroid dienone is 1. The number of aromatic nitrogens is 2. The first kappa shape index (κ1) is 17.4. The predicted octanol–water partition coefficient (Wildman–Crippen LogP) is 0.853. The Kier molecular flexibility index (Phi) is 3.55. The molecule has 1 atom stereocenters. The fourth-order valence-electron chi connectivity index (χ4n) is 4.51. The van der Waals surface area contributed by atoms with Crippen LogP contribution in [0.15, 0.2) is 58.9 Å². The first-order valence-electron chi connectivity index (χ1n) is 9.46. The number of hydrogen-bond acceptors (Lipinski definition) is 3. The Labute approximate surface area is 167 Å². The summed E-state index contributed by atoms with van der Waals surface area (Å²) in [6.07, 6.45) is 0. The number of rotatable bonds is 1. The van der Waals surface area contributed by atoms with Gasteiger partial charge in [-0.15, -0.1) is 4.99 Å². The van der Waals surface area contributed by atoms with Crippen molar-refractivity contribution < 1.29 is 19.8 Å². The van der Waals surface area contributed by atoms with Crippen LogP contribution in [0.3, 0.4) is 0 Å². The lowest BCUT2D eigenvalue weighted by molar-refractivity contribution is -0.723. The van der Waals surface area contributed by atoms with Crippen LogP contribution in [0.2, 0.25) is 0 Å². The van der Waals surface area contributed by atoms with Gasteiger partial charge in [0.15, 0.2) is 12.6 Å². The molecule has 3 aromatic rings. The largest absolute Gasteiger partial charge is 0.507 e. The average Bonchev–Trinajstić information content (AvgIpc) is 3.02. The van der Waals surface area contributed by atoms with Crippen LogP contribution in [0.1, 0.15) is 33.7 Å². The van der Waals surface area contributed by atoms with Crippen LogP contribution < -0.4 is 15.1 Å². The van der Waals surface area contributed by atoms with Crippen LogP contribution in [0.25, 0.3) is 5.76 Å². The van der Waals surface area contributed by atoms with Gasteiger partial charge in [-0.25, -0.2) is 4.57 Å². The number of nitrogens with zero attached hydrogens (tertiary/aromatic N) is 2. The van der Waals surface area contributed by atoms with Gasteiger partial charge in [-0.05, 0) is 24.1 Å². The molecule has 1 aromatic heterocycles. The smallest absolute Gasteiger partial charge is 0.462 e. The summed E-state index contributed by atoms with van der Waals surface area (Å²) in [4.78, 5) is 16.6. The molecule has 0 fully saturated rings. The Morgan fingerprint density at radius 3 is 2.41 bits per heavy atom. The third-order valence-electron chi connectivity index (χ3n) is 6.02. The highest BCUT2D eigenvalue weighted by atomic mass is 16.3. The molecule has 0 saturated heterocycles. The minimum Gasteiger partial charge on any atom is -0.507 e. The summed E-state index contributed by atoms with van der Waals surface area (Å²) >= 11 is 0. The zero-order chi connectivity index (χ0) is 20.4. The highest BCUT2D eigenvalue weighted by Gasteiger charge is 2.49. The number of aliphatic hydroxyl groups is 1. The molecule has 2 aromatic carbocycles. The maximum absolute atomic E-state index is 13.3. The Morgan fingerprint density at radius 1 is 1.03 bits per heavy atom. The van der Waals surface area contributed by atoms with Crippen molar-refractivity contribution in [3.8, 4) is 6.01 Å². The quantitative estimate of drug-likeness (QED) is 0.542. The summed E-state index contributed by atoms with van der Waals surface area (Å²) in [6.45, 7) is 2.00. The molecule has 6 nitrogen and oxygen atoms in total. The van der Waals surface area contributed by atoms with Crippen molar-refractivity contribution in [2.24, 2.45) is 14.1 Å². The number of benzene rings is 2. The van der Waals surface area contributed by atoms with E-state index >= 15 is 0 Å². The Morgan fingerprint density at radius 2 is 1.69 bits per heavy atom. The number of nitrogens with one attached hydrogen (secondary N) is 1. The fourth-order valence-corrected chi connectivity index (χ4v) is 4.51. The number of fused-ring (bicyclic) bond motifs is 4. The second kappa shape index (κ2) is 5.91. The van der Waals surface area contributed by atoms with E-state index in [1.807, 2.05) is 55.5 Å². The lowest BCUT2D eigenvalue weighted by Crippen LogP contribution is -2.75. The van der Waals surface area contributed by atoms with Crippen LogP contribution in [0.5, 0.6) is 6.01 Å². The van der Waals surface area contributed by atoms with Crippen LogP contribution in [-0.2, 0) is 14.1 Å². The molecule has 3 N–H and O–H groups in total. The SMILES string of the molecule is Cc1ccccc1C1C2=C(O)c3ccccc3C2=[NH+]c2c1c(=O)n(C)c(O)[n+]2C. The van der Waals surface area contributed by atoms with Crippen LogP contribution in [-0.4, -0.2) is 20.5 Å². The molecule has 29 heavy (non-hydrogen) atoms. The van der Waals surface area contributed by atoms with E-state index in [1.54, 1.807) is 18.7 Å². The zero-order valence-corrected chi connectivity index (χ0v) is 16.4. The Hall–Kier alpha value is -3.67. The van der Waals surface area contributed by atoms with Crippen molar-refractivity contribution in [3.05, 3.63) is 92.3 Å². The topological polar surface area (TPSA) is 80.3 Å². The molecule has 0 bridgehead atoms. The van der Waals surface area contributed by atoms with Gasteiger partial charge in [0, 0.05) is 12.6 Å². The van der Waals surface area contributed by atoms with Crippen LogP contribution >= 0.6 is 0 Å². The van der Waals surface area contributed by atoms with E-state index in [9.17, 15) is 15.0 Å². The highest BCUT2D eigenvalue weighted by molar-refractivity contribution is 6.21. The lowest BCUT2D eigenvalue weighted by atomic mass is 9.80. The summed E-state index contributed by atoms with van der Waals surface area (Å²) in [7, 11) is 3.26. The molecule has 0 radical (unpaired) electrons. The van der Waals surface area contributed by atoms with Crippen molar-refractivity contribution in [1.82, 2.24) is 4.57 Å². The van der Waals surface area contributed by atoms with Crippen LogP contribution in [0.4, 0.5) is 5.82 Å². The predicted molar refractivity (Wildman–Crippen MR) is 108 cm³/mol. The van der Waals surface area contributed by atoms with E-state index in [2.05, 4.69) is 4.99 Å². The molecule has 2 heterocycles. The molecular weight excluding hydrogens is 366 g/mol. The van der Waals surface area contributed by atoms with E-state index in [0.29, 0.717) is 17.0 Å². The molecule has 0 saturated carbocycles. The van der Waals surface area contributed by atoms with Gasteiger partial charge in [0.05, 0.1) is 17.1 Å². The summed E-state index contributed by atoms with van der Waals surface area (Å²) in [6, 6.07) is 15.4. The van der Waals surface area contributed by atoms with Gasteiger partial charge in [0.1, 0.15) is 5.76 Å².